The zero-order valence-electron chi connectivity index (χ0n) is 12.0. The van der Waals surface area contributed by atoms with E-state index in [0.717, 1.165) is 18.5 Å². The van der Waals surface area contributed by atoms with Crippen molar-refractivity contribution in [2.75, 3.05) is 13.1 Å². The Kier molecular flexibility index (Phi) is 3.34. The van der Waals surface area contributed by atoms with Crippen molar-refractivity contribution in [3.05, 3.63) is 34.9 Å². The minimum Gasteiger partial charge on any atom is -0.312 e. The third-order valence-corrected chi connectivity index (χ3v) is 4.44. The summed E-state index contributed by atoms with van der Waals surface area (Å²) in [5.74, 6) is 0.202. The highest BCUT2D eigenvalue weighted by Gasteiger charge is 2.37. The fraction of sp³-hybridized carbons (Fsp3) is 0.500. The van der Waals surface area contributed by atoms with Crippen LogP contribution in [-0.4, -0.2) is 35.8 Å². The lowest BCUT2D eigenvalue weighted by Crippen LogP contribution is -2.49. The molecular weight excluding hydrogens is 252 g/mol. The van der Waals surface area contributed by atoms with Crippen molar-refractivity contribution in [2.24, 2.45) is 5.92 Å². The fourth-order valence-corrected chi connectivity index (χ4v) is 3.13. The smallest absolute Gasteiger partial charge is 0.261 e. The first-order valence-corrected chi connectivity index (χ1v) is 7.28. The van der Waals surface area contributed by atoms with E-state index in [0.29, 0.717) is 23.6 Å². The number of carbonyl (C=O) groups excluding carboxylic acids is 2. The molecule has 20 heavy (non-hydrogen) atoms. The quantitative estimate of drug-likeness (QED) is 0.838. The van der Waals surface area contributed by atoms with Crippen molar-refractivity contribution in [1.82, 2.24) is 10.2 Å². The Labute approximate surface area is 119 Å². The second-order valence-electron chi connectivity index (χ2n) is 5.95. The fourth-order valence-electron chi connectivity index (χ4n) is 3.13. The van der Waals surface area contributed by atoms with Gasteiger partial charge in [0.25, 0.3) is 11.8 Å². The van der Waals surface area contributed by atoms with Gasteiger partial charge < -0.3 is 5.32 Å². The van der Waals surface area contributed by atoms with Gasteiger partial charge in [-0.15, -0.1) is 0 Å². The summed E-state index contributed by atoms with van der Waals surface area (Å²) in [5.41, 5.74) is 2.11. The van der Waals surface area contributed by atoms with Crippen LogP contribution >= 0.6 is 0 Å². The molecule has 1 saturated heterocycles. The van der Waals surface area contributed by atoms with Crippen molar-refractivity contribution < 1.29 is 9.59 Å². The van der Waals surface area contributed by atoms with Gasteiger partial charge in [-0.25, -0.2) is 0 Å². The molecule has 1 aromatic rings. The molecule has 4 nitrogen and oxygen atoms in total. The Morgan fingerprint density at radius 2 is 2.00 bits per heavy atom. The molecule has 0 radical (unpaired) electrons. The minimum atomic E-state index is -0.149. The average molecular weight is 272 g/mol. The van der Waals surface area contributed by atoms with E-state index >= 15 is 0 Å². The van der Waals surface area contributed by atoms with Crippen LogP contribution < -0.4 is 5.32 Å². The van der Waals surface area contributed by atoms with Crippen LogP contribution in [0.25, 0.3) is 0 Å². The molecule has 2 aliphatic rings. The molecule has 1 N–H and O–H groups in total. The third kappa shape index (κ3) is 2.14. The van der Waals surface area contributed by atoms with E-state index in [2.05, 4.69) is 12.2 Å². The number of benzene rings is 1. The van der Waals surface area contributed by atoms with Gasteiger partial charge in [-0.3, -0.25) is 14.5 Å². The Balaban J connectivity index is 1.82. The van der Waals surface area contributed by atoms with Crippen molar-refractivity contribution in [3.8, 4) is 0 Å². The molecule has 1 fully saturated rings. The third-order valence-electron chi connectivity index (χ3n) is 4.44. The van der Waals surface area contributed by atoms with Crippen LogP contribution in [0.4, 0.5) is 0 Å². The van der Waals surface area contributed by atoms with Crippen molar-refractivity contribution >= 4 is 11.8 Å². The summed E-state index contributed by atoms with van der Waals surface area (Å²) < 4.78 is 0. The molecule has 0 saturated carbocycles. The van der Waals surface area contributed by atoms with E-state index in [1.54, 1.807) is 6.07 Å². The summed E-state index contributed by atoms with van der Waals surface area (Å²) >= 11 is 0. The summed E-state index contributed by atoms with van der Waals surface area (Å²) in [6, 6.07) is 5.68. The molecule has 2 unspecified atom stereocenters. The van der Waals surface area contributed by atoms with E-state index < -0.39 is 0 Å². The second-order valence-corrected chi connectivity index (χ2v) is 5.95. The Bertz CT molecular complexity index is 568. The highest BCUT2D eigenvalue weighted by molar-refractivity contribution is 6.21. The van der Waals surface area contributed by atoms with Gasteiger partial charge in [0.1, 0.15) is 0 Å². The molecule has 4 heteroatoms. The molecule has 3 rings (SSSR count). The van der Waals surface area contributed by atoms with Gasteiger partial charge in [0.05, 0.1) is 11.1 Å². The SMILES string of the molecule is Cc1ccc2c(c1)C(=O)N(CC1NCCCC1C)C2=O. The van der Waals surface area contributed by atoms with E-state index in [-0.39, 0.29) is 17.9 Å². The Hall–Kier alpha value is -1.68. The first-order chi connectivity index (χ1) is 9.58. The van der Waals surface area contributed by atoms with Gasteiger partial charge in [-0.05, 0) is 44.4 Å². The number of amides is 2. The molecule has 2 heterocycles. The lowest BCUT2D eigenvalue weighted by molar-refractivity contribution is 0.0619. The summed E-state index contributed by atoms with van der Waals surface area (Å²) in [7, 11) is 0. The highest BCUT2D eigenvalue weighted by atomic mass is 16.2. The highest BCUT2D eigenvalue weighted by Crippen LogP contribution is 2.26. The van der Waals surface area contributed by atoms with E-state index in [9.17, 15) is 9.59 Å². The molecule has 0 aliphatic carbocycles. The molecule has 2 atom stereocenters. The zero-order valence-corrected chi connectivity index (χ0v) is 12.0. The van der Waals surface area contributed by atoms with Crippen LogP contribution in [0.3, 0.4) is 0 Å². The molecular formula is C16H20N2O2. The average Bonchev–Trinajstić information content (AvgIpc) is 2.66. The number of aryl methyl sites for hydroxylation is 1. The van der Waals surface area contributed by atoms with Crippen LogP contribution in [-0.2, 0) is 0 Å². The normalized spacial score (nSPS) is 26.0. The number of imide groups is 1. The van der Waals surface area contributed by atoms with Gasteiger partial charge in [0.2, 0.25) is 0 Å². The molecule has 0 aromatic heterocycles. The monoisotopic (exact) mass is 272 g/mol. The molecule has 1 aromatic carbocycles. The van der Waals surface area contributed by atoms with Crippen LogP contribution in [0.5, 0.6) is 0 Å². The number of nitrogens with one attached hydrogen (secondary N) is 1. The zero-order chi connectivity index (χ0) is 14.3. The van der Waals surface area contributed by atoms with Crippen molar-refractivity contribution in [3.63, 3.8) is 0 Å². The summed E-state index contributed by atoms with van der Waals surface area (Å²) in [4.78, 5) is 26.2. The van der Waals surface area contributed by atoms with Crippen molar-refractivity contribution in [1.29, 1.82) is 0 Å². The number of carbonyl (C=O) groups is 2. The first-order valence-electron chi connectivity index (χ1n) is 7.28. The second kappa shape index (κ2) is 5.02. The van der Waals surface area contributed by atoms with Crippen molar-refractivity contribution in [2.45, 2.75) is 32.7 Å². The Morgan fingerprint density at radius 3 is 2.75 bits per heavy atom. The van der Waals surface area contributed by atoms with Gasteiger partial charge in [-0.2, -0.15) is 0 Å². The number of fused-ring (bicyclic) bond motifs is 1. The minimum absolute atomic E-state index is 0.145. The summed E-state index contributed by atoms with van der Waals surface area (Å²) in [5, 5.41) is 3.43. The number of rotatable bonds is 2. The van der Waals surface area contributed by atoms with E-state index in [1.165, 1.54) is 11.3 Å². The maximum absolute atomic E-state index is 12.4. The lowest BCUT2D eigenvalue weighted by atomic mass is 9.92. The molecule has 2 aliphatic heterocycles. The van der Waals surface area contributed by atoms with E-state index in [4.69, 9.17) is 0 Å². The van der Waals surface area contributed by atoms with Gasteiger partial charge in [0.15, 0.2) is 0 Å². The maximum atomic E-state index is 12.4. The van der Waals surface area contributed by atoms with Crippen LogP contribution in [0.1, 0.15) is 46.0 Å². The number of nitrogens with zero attached hydrogens (tertiary/aromatic N) is 1. The standard InChI is InChI=1S/C16H20N2O2/c1-10-5-6-12-13(8-10)16(20)18(15(12)19)9-14-11(2)4-3-7-17-14/h5-6,8,11,14,17H,3-4,7,9H2,1-2H3. The van der Waals surface area contributed by atoms with Crippen LogP contribution in [0, 0.1) is 12.8 Å². The lowest BCUT2D eigenvalue weighted by Gasteiger charge is -2.32. The van der Waals surface area contributed by atoms with Crippen LogP contribution in [0.15, 0.2) is 18.2 Å². The number of piperidine rings is 1. The molecule has 0 spiro atoms. The Morgan fingerprint density at radius 1 is 1.25 bits per heavy atom. The number of hydrogen-bond acceptors (Lipinski definition) is 3. The predicted octanol–water partition coefficient (Wildman–Crippen LogP) is 1.98. The van der Waals surface area contributed by atoms with Gasteiger partial charge in [-0.1, -0.05) is 18.6 Å². The van der Waals surface area contributed by atoms with Gasteiger partial charge >= 0.3 is 0 Å². The first kappa shape index (κ1) is 13.3. The maximum Gasteiger partial charge on any atom is 0.261 e. The summed E-state index contributed by atoms with van der Waals surface area (Å²) in [6.07, 6.45) is 2.32. The van der Waals surface area contributed by atoms with E-state index in [1.807, 2.05) is 19.1 Å². The molecule has 2 amide bonds. The predicted molar refractivity (Wildman–Crippen MR) is 76.7 cm³/mol. The summed E-state index contributed by atoms with van der Waals surface area (Å²) in [6.45, 7) is 5.56. The largest absolute Gasteiger partial charge is 0.312 e. The molecule has 0 bridgehead atoms. The molecule has 106 valence electrons. The van der Waals surface area contributed by atoms with Gasteiger partial charge in [0, 0.05) is 12.6 Å². The topological polar surface area (TPSA) is 49.4 Å². The number of hydrogen-bond donors (Lipinski definition) is 1. The van der Waals surface area contributed by atoms with Crippen LogP contribution in [0.2, 0.25) is 0 Å².